The first kappa shape index (κ1) is 11.2. The van der Waals surface area contributed by atoms with E-state index < -0.39 is 5.92 Å². The molecule has 0 spiro atoms. The summed E-state index contributed by atoms with van der Waals surface area (Å²) in [5, 5.41) is 0. The highest BCUT2D eigenvalue weighted by Crippen LogP contribution is 2.33. The van der Waals surface area contributed by atoms with Crippen LogP contribution in [0.15, 0.2) is 29.3 Å². The average molecular weight is 227 g/mol. The van der Waals surface area contributed by atoms with E-state index >= 15 is 0 Å². The van der Waals surface area contributed by atoms with Crippen LogP contribution in [0.4, 0.5) is 13.2 Å². The van der Waals surface area contributed by atoms with Crippen LogP contribution in [0.25, 0.3) is 0 Å². The van der Waals surface area contributed by atoms with Gasteiger partial charge in [-0.15, -0.1) is 0 Å². The van der Waals surface area contributed by atoms with Crippen molar-refractivity contribution in [2.24, 2.45) is 4.99 Å². The fraction of sp³-hybridized carbons (Fsp3) is 0.417. The molecule has 0 aliphatic carbocycles. The smallest absolute Gasteiger partial charge is 0.280 e. The van der Waals surface area contributed by atoms with Crippen LogP contribution in [-0.4, -0.2) is 11.6 Å². The molecular formula is C12H12F3N. The third-order valence-corrected chi connectivity index (χ3v) is 2.73. The van der Waals surface area contributed by atoms with Crippen molar-refractivity contribution >= 4 is 5.71 Å². The van der Waals surface area contributed by atoms with Crippen LogP contribution in [0.2, 0.25) is 0 Å². The van der Waals surface area contributed by atoms with Crippen LogP contribution >= 0.6 is 0 Å². The Hall–Kier alpha value is -1.32. The molecule has 0 saturated heterocycles. The van der Waals surface area contributed by atoms with E-state index in [9.17, 15) is 13.2 Å². The highest BCUT2D eigenvalue weighted by atomic mass is 19.3. The van der Waals surface area contributed by atoms with Gasteiger partial charge in [-0.05, 0) is 30.5 Å². The maximum Gasteiger partial charge on any atom is 0.282 e. The van der Waals surface area contributed by atoms with Crippen LogP contribution in [0.1, 0.15) is 31.4 Å². The molecule has 1 aliphatic heterocycles. The van der Waals surface area contributed by atoms with Crippen LogP contribution in [0.5, 0.6) is 0 Å². The van der Waals surface area contributed by atoms with Crippen molar-refractivity contribution in [1.29, 1.82) is 0 Å². The van der Waals surface area contributed by atoms with Crippen molar-refractivity contribution in [2.75, 3.05) is 0 Å². The Kier molecular flexibility index (Phi) is 2.74. The average Bonchev–Trinajstić information content (AvgIpc) is 2.67. The number of nitrogens with zero attached hydrogens (tertiary/aromatic N) is 1. The predicted octanol–water partition coefficient (Wildman–Crippen LogP) is 3.76. The Labute approximate surface area is 92.0 Å². The number of benzene rings is 1. The first-order valence-electron chi connectivity index (χ1n) is 5.17. The summed E-state index contributed by atoms with van der Waals surface area (Å²) in [4.78, 5) is 4.00. The zero-order valence-corrected chi connectivity index (χ0v) is 8.88. The van der Waals surface area contributed by atoms with Crippen molar-refractivity contribution < 1.29 is 13.2 Å². The zero-order valence-electron chi connectivity index (χ0n) is 8.88. The van der Waals surface area contributed by atoms with Gasteiger partial charge in [0.2, 0.25) is 0 Å². The van der Waals surface area contributed by atoms with E-state index in [1.54, 1.807) is 12.1 Å². The Bertz CT molecular complexity index is 403. The Morgan fingerprint density at radius 2 is 1.88 bits per heavy atom. The van der Waals surface area contributed by atoms with Crippen molar-refractivity contribution in [3.05, 3.63) is 35.6 Å². The molecule has 1 aliphatic rings. The molecule has 0 N–H and O–H groups in total. The Morgan fingerprint density at radius 3 is 2.38 bits per heavy atom. The van der Waals surface area contributed by atoms with Gasteiger partial charge in [0.15, 0.2) is 0 Å². The quantitative estimate of drug-likeness (QED) is 0.729. The van der Waals surface area contributed by atoms with Gasteiger partial charge in [-0.25, -0.2) is 13.2 Å². The lowest BCUT2D eigenvalue weighted by atomic mass is 10.0. The molecule has 0 radical (unpaired) electrons. The second-order valence-electron chi connectivity index (χ2n) is 4.07. The van der Waals surface area contributed by atoms with Gasteiger partial charge >= 0.3 is 0 Å². The van der Waals surface area contributed by atoms with E-state index in [1.165, 1.54) is 12.1 Å². The second-order valence-corrected chi connectivity index (χ2v) is 4.07. The summed E-state index contributed by atoms with van der Waals surface area (Å²) in [6, 6.07) is 5.60. The minimum atomic E-state index is -2.84. The van der Waals surface area contributed by atoms with E-state index in [-0.39, 0.29) is 17.6 Å². The predicted molar refractivity (Wildman–Crippen MR) is 56.4 cm³/mol. The first-order chi connectivity index (χ1) is 7.47. The van der Waals surface area contributed by atoms with Gasteiger partial charge < -0.3 is 0 Å². The van der Waals surface area contributed by atoms with Crippen LogP contribution in [0.3, 0.4) is 0 Å². The molecule has 4 heteroatoms. The number of rotatable bonds is 2. The lowest BCUT2D eigenvalue weighted by molar-refractivity contribution is 0.0987. The molecule has 0 aromatic heterocycles. The molecule has 1 unspecified atom stereocenters. The maximum absolute atomic E-state index is 13.0. The number of hydrogen-bond acceptors (Lipinski definition) is 1. The van der Waals surface area contributed by atoms with Crippen molar-refractivity contribution in [2.45, 2.75) is 31.7 Å². The van der Waals surface area contributed by atoms with Gasteiger partial charge in [-0.2, -0.15) is 0 Å². The SMILES string of the molecule is CC(F)(F)C1=NC(c2ccc(F)cc2)CC1. The summed E-state index contributed by atoms with van der Waals surface area (Å²) in [5.41, 5.74) is 0.738. The number of alkyl halides is 2. The van der Waals surface area contributed by atoms with Gasteiger partial charge in [0.1, 0.15) is 5.82 Å². The summed E-state index contributed by atoms with van der Waals surface area (Å²) in [5.74, 6) is -3.17. The standard InChI is InChI=1S/C12H12F3N/c1-12(14,15)11-7-6-10(16-11)8-2-4-9(13)5-3-8/h2-5,10H,6-7H2,1H3. The molecular weight excluding hydrogens is 215 g/mol. The molecule has 1 aromatic carbocycles. The highest BCUT2D eigenvalue weighted by Gasteiger charge is 2.34. The van der Waals surface area contributed by atoms with Crippen LogP contribution in [0, 0.1) is 5.82 Å². The number of halogens is 3. The molecule has 0 amide bonds. The van der Waals surface area contributed by atoms with Gasteiger partial charge in [-0.1, -0.05) is 12.1 Å². The molecule has 1 atom stereocenters. The van der Waals surface area contributed by atoms with E-state index in [1.807, 2.05) is 0 Å². The molecule has 86 valence electrons. The fourth-order valence-corrected chi connectivity index (χ4v) is 1.85. The fourth-order valence-electron chi connectivity index (χ4n) is 1.85. The zero-order chi connectivity index (χ0) is 11.8. The molecule has 2 rings (SSSR count). The van der Waals surface area contributed by atoms with Crippen molar-refractivity contribution in [1.82, 2.24) is 0 Å². The first-order valence-corrected chi connectivity index (χ1v) is 5.17. The normalized spacial score (nSPS) is 21.0. The monoisotopic (exact) mass is 227 g/mol. The Balaban J connectivity index is 2.20. The second kappa shape index (κ2) is 3.92. The van der Waals surface area contributed by atoms with Crippen LogP contribution < -0.4 is 0 Å². The van der Waals surface area contributed by atoms with Gasteiger partial charge in [0.25, 0.3) is 5.92 Å². The lowest BCUT2D eigenvalue weighted by Crippen LogP contribution is -2.22. The van der Waals surface area contributed by atoms with Gasteiger partial charge in [-0.3, -0.25) is 4.99 Å². The Morgan fingerprint density at radius 1 is 1.25 bits per heavy atom. The summed E-state index contributed by atoms with van der Waals surface area (Å²) in [6.45, 7) is 0.860. The molecule has 16 heavy (non-hydrogen) atoms. The van der Waals surface area contributed by atoms with Gasteiger partial charge in [0.05, 0.1) is 11.8 Å². The summed E-state index contributed by atoms with van der Waals surface area (Å²) in [6.07, 6.45) is 0.885. The number of aliphatic imine (C=N–C) groups is 1. The largest absolute Gasteiger partial charge is 0.282 e. The molecule has 0 bridgehead atoms. The lowest BCUT2D eigenvalue weighted by Gasteiger charge is -2.09. The molecule has 1 aromatic rings. The minimum absolute atomic E-state index is 0.0539. The van der Waals surface area contributed by atoms with E-state index in [4.69, 9.17) is 0 Å². The third-order valence-electron chi connectivity index (χ3n) is 2.73. The minimum Gasteiger partial charge on any atom is -0.280 e. The third kappa shape index (κ3) is 2.26. The topological polar surface area (TPSA) is 12.4 Å². The summed E-state index contributed by atoms with van der Waals surface area (Å²) >= 11 is 0. The molecule has 0 saturated carbocycles. The molecule has 1 nitrogen and oxygen atoms in total. The molecule has 0 fully saturated rings. The van der Waals surface area contributed by atoms with E-state index in [2.05, 4.69) is 4.99 Å². The highest BCUT2D eigenvalue weighted by molar-refractivity contribution is 5.92. The van der Waals surface area contributed by atoms with E-state index in [0.29, 0.717) is 12.8 Å². The maximum atomic E-state index is 13.0. The van der Waals surface area contributed by atoms with Gasteiger partial charge in [0, 0.05) is 6.92 Å². The van der Waals surface area contributed by atoms with Crippen molar-refractivity contribution in [3.8, 4) is 0 Å². The summed E-state index contributed by atoms with van der Waals surface area (Å²) < 4.78 is 38.7. The summed E-state index contributed by atoms with van der Waals surface area (Å²) in [7, 11) is 0. The van der Waals surface area contributed by atoms with Crippen molar-refractivity contribution in [3.63, 3.8) is 0 Å². The van der Waals surface area contributed by atoms with E-state index in [0.717, 1.165) is 12.5 Å². The number of hydrogen-bond donors (Lipinski definition) is 0. The molecule has 1 heterocycles. The van der Waals surface area contributed by atoms with Crippen LogP contribution in [-0.2, 0) is 0 Å².